The standard InChI is InChI=1S/C18H25NO/c1-15-6-8-16(9-7-15)18(10-2-3-11-18)17(20)14-19-12-4-5-13-19/h6-9H,2-5,10-14H2,1H3. The van der Waals surface area contributed by atoms with Crippen LogP contribution in [0.5, 0.6) is 0 Å². The first-order chi connectivity index (χ1) is 9.71. The number of ketones is 1. The second-order valence-corrected chi connectivity index (χ2v) is 6.56. The van der Waals surface area contributed by atoms with Crippen molar-refractivity contribution in [2.24, 2.45) is 0 Å². The van der Waals surface area contributed by atoms with Crippen LogP contribution in [0.4, 0.5) is 0 Å². The quantitative estimate of drug-likeness (QED) is 0.835. The Morgan fingerprint density at radius 3 is 2.25 bits per heavy atom. The molecule has 0 unspecified atom stereocenters. The Bertz CT molecular complexity index is 465. The van der Waals surface area contributed by atoms with E-state index in [0.717, 1.165) is 25.9 Å². The van der Waals surface area contributed by atoms with Gasteiger partial charge in [0.2, 0.25) is 0 Å². The lowest BCUT2D eigenvalue weighted by Gasteiger charge is -2.30. The predicted molar refractivity (Wildman–Crippen MR) is 82.0 cm³/mol. The lowest BCUT2D eigenvalue weighted by atomic mass is 9.75. The molecule has 0 bridgehead atoms. The van der Waals surface area contributed by atoms with E-state index in [-0.39, 0.29) is 5.41 Å². The summed E-state index contributed by atoms with van der Waals surface area (Å²) in [6.45, 7) is 4.98. The Labute approximate surface area is 122 Å². The normalized spacial score (nSPS) is 22.2. The molecule has 3 rings (SSSR count). The number of carbonyl (C=O) groups excluding carboxylic acids is 1. The molecule has 0 spiro atoms. The maximum atomic E-state index is 13.0. The van der Waals surface area contributed by atoms with Gasteiger partial charge in [0.1, 0.15) is 0 Å². The molecule has 1 aliphatic carbocycles. The minimum Gasteiger partial charge on any atom is -0.297 e. The molecule has 1 heterocycles. The average Bonchev–Trinajstić information content (AvgIpc) is 3.10. The number of aryl methyl sites for hydroxylation is 1. The van der Waals surface area contributed by atoms with Crippen LogP contribution in [0.2, 0.25) is 0 Å². The first-order valence-electron chi connectivity index (χ1n) is 8.03. The molecule has 108 valence electrons. The van der Waals surface area contributed by atoms with Crippen molar-refractivity contribution in [1.82, 2.24) is 4.90 Å². The number of nitrogens with zero attached hydrogens (tertiary/aromatic N) is 1. The van der Waals surface area contributed by atoms with Gasteiger partial charge in [-0.2, -0.15) is 0 Å². The van der Waals surface area contributed by atoms with Gasteiger partial charge < -0.3 is 0 Å². The number of benzene rings is 1. The smallest absolute Gasteiger partial charge is 0.157 e. The second kappa shape index (κ2) is 5.69. The van der Waals surface area contributed by atoms with E-state index in [0.29, 0.717) is 12.3 Å². The molecular formula is C18H25NO. The Hall–Kier alpha value is -1.15. The molecule has 0 atom stereocenters. The summed E-state index contributed by atoms with van der Waals surface area (Å²) in [5, 5.41) is 0. The third-order valence-electron chi connectivity index (χ3n) is 5.16. The number of rotatable bonds is 4. The number of Topliss-reactive ketones (excluding diaryl/α,β-unsaturated/α-hetero) is 1. The van der Waals surface area contributed by atoms with Gasteiger partial charge in [-0.25, -0.2) is 0 Å². The van der Waals surface area contributed by atoms with Gasteiger partial charge in [-0.1, -0.05) is 42.7 Å². The van der Waals surface area contributed by atoms with Crippen molar-refractivity contribution < 1.29 is 4.79 Å². The first-order valence-corrected chi connectivity index (χ1v) is 8.03. The van der Waals surface area contributed by atoms with E-state index in [9.17, 15) is 4.79 Å². The van der Waals surface area contributed by atoms with Crippen LogP contribution < -0.4 is 0 Å². The number of hydrogen-bond acceptors (Lipinski definition) is 2. The summed E-state index contributed by atoms with van der Waals surface area (Å²) in [6.07, 6.45) is 6.99. The molecule has 2 nitrogen and oxygen atoms in total. The molecule has 2 fully saturated rings. The fourth-order valence-electron chi connectivity index (χ4n) is 3.87. The Kier molecular flexibility index (Phi) is 3.93. The zero-order valence-corrected chi connectivity index (χ0v) is 12.5. The highest BCUT2D eigenvalue weighted by Gasteiger charge is 2.42. The predicted octanol–water partition coefficient (Wildman–Crippen LogP) is 3.47. The van der Waals surface area contributed by atoms with Crippen molar-refractivity contribution in [2.45, 2.75) is 50.9 Å². The van der Waals surface area contributed by atoms with Crippen LogP contribution in [0.15, 0.2) is 24.3 Å². The Morgan fingerprint density at radius 2 is 1.65 bits per heavy atom. The molecular weight excluding hydrogens is 246 g/mol. The van der Waals surface area contributed by atoms with E-state index in [2.05, 4.69) is 36.1 Å². The van der Waals surface area contributed by atoms with Crippen LogP contribution in [-0.2, 0) is 10.2 Å². The minimum atomic E-state index is -0.184. The van der Waals surface area contributed by atoms with Crippen LogP contribution >= 0.6 is 0 Å². The number of hydrogen-bond donors (Lipinski definition) is 0. The summed E-state index contributed by atoms with van der Waals surface area (Å²) >= 11 is 0. The van der Waals surface area contributed by atoms with Gasteiger partial charge in [-0.3, -0.25) is 9.69 Å². The van der Waals surface area contributed by atoms with Gasteiger partial charge in [0.15, 0.2) is 5.78 Å². The third kappa shape index (κ3) is 2.54. The van der Waals surface area contributed by atoms with Crippen LogP contribution in [0.3, 0.4) is 0 Å². The highest BCUT2D eigenvalue weighted by molar-refractivity contribution is 5.92. The lowest BCUT2D eigenvalue weighted by molar-refractivity contribution is -0.125. The maximum Gasteiger partial charge on any atom is 0.157 e. The Balaban J connectivity index is 1.83. The van der Waals surface area contributed by atoms with Crippen LogP contribution in [0.25, 0.3) is 0 Å². The summed E-state index contributed by atoms with van der Waals surface area (Å²) in [4.78, 5) is 15.3. The number of likely N-dealkylation sites (tertiary alicyclic amines) is 1. The molecule has 2 aliphatic rings. The fourth-order valence-corrected chi connectivity index (χ4v) is 3.87. The zero-order valence-electron chi connectivity index (χ0n) is 12.5. The monoisotopic (exact) mass is 271 g/mol. The molecule has 1 aliphatic heterocycles. The third-order valence-corrected chi connectivity index (χ3v) is 5.16. The van der Waals surface area contributed by atoms with Gasteiger partial charge in [-0.05, 0) is 51.3 Å². The largest absolute Gasteiger partial charge is 0.297 e. The van der Waals surface area contributed by atoms with Crippen molar-refractivity contribution in [3.63, 3.8) is 0 Å². The van der Waals surface area contributed by atoms with Crippen molar-refractivity contribution in [1.29, 1.82) is 0 Å². The van der Waals surface area contributed by atoms with Gasteiger partial charge in [0.05, 0.1) is 12.0 Å². The number of carbonyl (C=O) groups is 1. The summed E-state index contributed by atoms with van der Waals surface area (Å²) in [6, 6.07) is 8.67. The first kappa shape index (κ1) is 13.8. The van der Waals surface area contributed by atoms with Gasteiger partial charge >= 0.3 is 0 Å². The summed E-state index contributed by atoms with van der Waals surface area (Å²) < 4.78 is 0. The van der Waals surface area contributed by atoms with Crippen molar-refractivity contribution in [3.05, 3.63) is 35.4 Å². The minimum absolute atomic E-state index is 0.184. The molecule has 0 N–H and O–H groups in total. The average molecular weight is 271 g/mol. The van der Waals surface area contributed by atoms with Crippen LogP contribution in [0, 0.1) is 6.92 Å². The van der Waals surface area contributed by atoms with E-state index in [1.165, 1.54) is 36.8 Å². The summed E-state index contributed by atoms with van der Waals surface area (Å²) in [5.74, 6) is 0.459. The van der Waals surface area contributed by atoms with E-state index in [4.69, 9.17) is 0 Å². The molecule has 1 saturated carbocycles. The van der Waals surface area contributed by atoms with E-state index in [1.807, 2.05) is 0 Å². The van der Waals surface area contributed by atoms with Crippen LogP contribution in [-0.4, -0.2) is 30.3 Å². The molecule has 2 heteroatoms. The van der Waals surface area contributed by atoms with Gasteiger partial charge in [0, 0.05) is 0 Å². The van der Waals surface area contributed by atoms with Crippen molar-refractivity contribution in [2.75, 3.05) is 19.6 Å². The zero-order chi connectivity index (χ0) is 14.0. The topological polar surface area (TPSA) is 20.3 Å². The molecule has 1 saturated heterocycles. The fraction of sp³-hybridized carbons (Fsp3) is 0.611. The van der Waals surface area contributed by atoms with Gasteiger partial charge in [0.25, 0.3) is 0 Å². The SMILES string of the molecule is Cc1ccc(C2(C(=O)CN3CCCC3)CCCC2)cc1. The molecule has 0 aromatic heterocycles. The van der Waals surface area contributed by atoms with E-state index >= 15 is 0 Å². The molecule has 20 heavy (non-hydrogen) atoms. The van der Waals surface area contributed by atoms with E-state index < -0.39 is 0 Å². The van der Waals surface area contributed by atoms with Gasteiger partial charge in [-0.15, -0.1) is 0 Å². The molecule has 0 radical (unpaired) electrons. The molecule has 1 aromatic carbocycles. The molecule has 1 aromatic rings. The molecule has 0 amide bonds. The highest BCUT2D eigenvalue weighted by Crippen LogP contribution is 2.42. The van der Waals surface area contributed by atoms with Crippen molar-refractivity contribution >= 4 is 5.78 Å². The second-order valence-electron chi connectivity index (χ2n) is 6.56. The Morgan fingerprint density at radius 1 is 1.05 bits per heavy atom. The van der Waals surface area contributed by atoms with E-state index in [1.54, 1.807) is 0 Å². The summed E-state index contributed by atoms with van der Waals surface area (Å²) in [5.41, 5.74) is 2.34. The maximum absolute atomic E-state index is 13.0. The van der Waals surface area contributed by atoms with Crippen molar-refractivity contribution in [3.8, 4) is 0 Å². The lowest BCUT2D eigenvalue weighted by Crippen LogP contribution is -2.40. The highest BCUT2D eigenvalue weighted by atomic mass is 16.1. The summed E-state index contributed by atoms with van der Waals surface area (Å²) in [7, 11) is 0. The van der Waals surface area contributed by atoms with Crippen LogP contribution in [0.1, 0.15) is 49.7 Å².